The Labute approximate surface area is 458 Å². The van der Waals surface area contributed by atoms with Crippen LogP contribution < -0.4 is 11.1 Å². The maximum atomic E-state index is 14.9. The van der Waals surface area contributed by atoms with E-state index in [2.05, 4.69) is 20.5 Å². The highest BCUT2D eigenvalue weighted by atomic mass is 19.1. The minimum atomic E-state index is -1.30. The number of aromatic nitrogens is 6. The van der Waals surface area contributed by atoms with Crippen LogP contribution in [-0.4, -0.2) is 139 Å². The maximum absolute atomic E-state index is 14.9. The van der Waals surface area contributed by atoms with Crippen molar-refractivity contribution >= 4 is 11.8 Å². The Morgan fingerprint density at radius 1 is 0.785 bits per heavy atom. The number of methoxy groups -OCH3 is 2. The van der Waals surface area contributed by atoms with E-state index in [1.807, 2.05) is 81.4 Å². The van der Waals surface area contributed by atoms with Gasteiger partial charge in [0.2, 0.25) is 0 Å². The molecule has 2 fully saturated rings. The maximum Gasteiger partial charge on any atom is 0.252 e. The fourth-order valence-electron chi connectivity index (χ4n) is 9.83. The second-order valence-electron chi connectivity index (χ2n) is 21.1. The Bertz CT molecular complexity index is 2960. The fraction of sp³-hybridized carbons (Fsp3) is 0.483. The van der Waals surface area contributed by atoms with E-state index in [1.165, 1.54) is 26.0 Å². The molecule has 0 radical (unpaired) electrons. The van der Waals surface area contributed by atoms with Crippen LogP contribution in [0.25, 0.3) is 22.8 Å². The summed E-state index contributed by atoms with van der Waals surface area (Å²) >= 11 is 0. The molecule has 2 saturated heterocycles. The lowest BCUT2D eigenvalue weighted by Gasteiger charge is -2.42. The van der Waals surface area contributed by atoms with Crippen LogP contribution in [0.1, 0.15) is 102 Å². The minimum absolute atomic E-state index is 0.0275. The molecule has 4 heterocycles. The van der Waals surface area contributed by atoms with Gasteiger partial charge in [-0.25, -0.2) is 41.3 Å². The molecule has 6 aromatic rings. The summed E-state index contributed by atoms with van der Waals surface area (Å²) in [6.07, 6.45) is -0.636. The molecule has 8 rings (SSSR count). The van der Waals surface area contributed by atoms with Crippen LogP contribution in [0.5, 0.6) is 0 Å². The molecule has 0 spiro atoms. The van der Waals surface area contributed by atoms with E-state index < -0.39 is 76.8 Å². The molecular weight excluding hydrogens is 1030 g/mol. The van der Waals surface area contributed by atoms with Gasteiger partial charge in [-0.2, -0.15) is 10.2 Å². The number of amides is 2. The number of nitrogens with one attached hydrogen (secondary N) is 1. The normalized spacial score (nSPS) is 18.1. The van der Waals surface area contributed by atoms with Crippen molar-refractivity contribution in [2.24, 2.45) is 11.7 Å². The fourth-order valence-corrected chi connectivity index (χ4v) is 9.83. The first-order chi connectivity index (χ1) is 37.7. The Morgan fingerprint density at radius 2 is 1.28 bits per heavy atom. The molecule has 7 atom stereocenters. The number of benzene rings is 4. The van der Waals surface area contributed by atoms with Crippen molar-refractivity contribution in [3.8, 4) is 22.8 Å². The topological polar surface area (TPSA) is 188 Å². The number of aliphatic hydroxyl groups is 1. The monoisotopic (exact) mass is 1100 g/mol. The molecule has 79 heavy (non-hydrogen) atoms. The molecule has 2 aliphatic rings. The lowest BCUT2D eigenvalue weighted by molar-refractivity contribution is -0.153. The smallest absolute Gasteiger partial charge is 0.252 e. The first kappa shape index (κ1) is 60.2. The third-order valence-electron chi connectivity index (χ3n) is 14.7. The Kier molecular flexibility index (Phi) is 20.3. The number of ether oxygens (including phenoxy) is 3. The van der Waals surface area contributed by atoms with Crippen LogP contribution in [-0.2, 0) is 36.9 Å². The van der Waals surface area contributed by atoms with Crippen LogP contribution in [0.3, 0.4) is 0 Å². The van der Waals surface area contributed by atoms with Crippen LogP contribution in [0, 0.1) is 29.2 Å². The molecule has 4 N–H and O–H groups in total. The van der Waals surface area contributed by atoms with E-state index in [1.54, 1.807) is 28.1 Å². The third kappa shape index (κ3) is 14.7. The Hall–Kier alpha value is -6.49. The molecular formula is C58H73F5N10O6. The Morgan fingerprint density at radius 3 is 1.70 bits per heavy atom. The lowest BCUT2D eigenvalue weighted by Crippen LogP contribution is -2.52. The van der Waals surface area contributed by atoms with Gasteiger partial charge < -0.3 is 40.2 Å². The van der Waals surface area contributed by atoms with Crippen molar-refractivity contribution in [2.45, 2.75) is 128 Å². The molecule has 16 nitrogen and oxygen atoms in total. The zero-order chi connectivity index (χ0) is 57.2. The number of nitrogens with two attached hydrogens (primary N) is 1. The number of hydrogen-bond donors (Lipinski definition) is 3. The van der Waals surface area contributed by atoms with E-state index in [0.29, 0.717) is 44.1 Å². The van der Waals surface area contributed by atoms with E-state index in [-0.39, 0.29) is 67.4 Å². The summed E-state index contributed by atoms with van der Waals surface area (Å²) in [5, 5.41) is 22.6. The minimum Gasteiger partial charge on any atom is -0.384 e. The van der Waals surface area contributed by atoms with Crippen molar-refractivity contribution in [1.29, 1.82) is 0 Å². The number of hydrogen-bond acceptors (Lipinski definition) is 12. The van der Waals surface area contributed by atoms with Crippen molar-refractivity contribution in [3.63, 3.8) is 0 Å². The summed E-state index contributed by atoms with van der Waals surface area (Å²) in [4.78, 5) is 40.0. The molecule has 2 aliphatic heterocycles. The van der Waals surface area contributed by atoms with Crippen molar-refractivity contribution in [2.75, 3.05) is 47.0 Å². The third-order valence-corrected chi connectivity index (χ3v) is 14.7. The highest BCUT2D eigenvalue weighted by Gasteiger charge is 2.47. The van der Waals surface area contributed by atoms with Gasteiger partial charge >= 0.3 is 0 Å². The van der Waals surface area contributed by atoms with Crippen molar-refractivity contribution in [1.82, 2.24) is 44.6 Å². The quantitative estimate of drug-likeness (QED) is 0.0552. The lowest BCUT2D eigenvalue weighted by atomic mass is 9.93. The predicted molar refractivity (Wildman–Crippen MR) is 288 cm³/mol. The van der Waals surface area contributed by atoms with Gasteiger partial charge in [0.1, 0.15) is 53.7 Å². The summed E-state index contributed by atoms with van der Waals surface area (Å²) in [6, 6.07) is 23.3. The first-order valence-corrected chi connectivity index (χ1v) is 26.7. The standard InChI is InChI=1S/C30H36F3N5O3.C28H37F2N5O3/c1-30(2,40-3)26(37(18-20-15-34-16-24(20)33)29(39)25-10-7-13-41-25)28-35-27(22-14-21(31)11-12-23(22)32)36-38(28)17-19-8-5-4-6-9-19;1-6-21(31)14-15-34(27(37)18(2)36)24(28(3,4)38-5)26-32-25(22-16-20(29)12-13-23(22)30)33-35(26)17-19-10-8-7-9-11-19/h4-6,8-9,11-12,14,20,24-26,34H,7,10,13,15-18H2,1-3H3;7-13,16,18,21,24,36H,6,14-15,17,31H2,1-5H3/t20-,24-,25-,26-;18-,21+,24-/m00/s1. The molecule has 0 aliphatic carbocycles. The number of nitrogens with zero attached hydrogens (tertiary/aromatic N) is 8. The molecule has 2 amide bonds. The highest BCUT2D eigenvalue weighted by Crippen LogP contribution is 2.39. The number of alkyl halides is 1. The molecule has 0 saturated carbocycles. The second kappa shape index (κ2) is 26.6. The van der Waals surface area contributed by atoms with E-state index in [9.17, 15) is 36.6 Å². The van der Waals surface area contributed by atoms with Crippen LogP contribution in [0.15, 0.2) is 97.1 Å². The molecule has 0 bridgehead atoms. The zero-order valence-corrected chi connectivity index (χ0v) is 46.1. The van der Waals surface area contributed by atoms with Gasteiger partial charge in [0.25, 0.3) is 11.8 Å². The van der Waals surface area contributed by atoms with Gasteiger partial charge in [0.15, 0.2) is 23.3 Å². The van der Waals surface area contributed by atoms with E-state index >= 15 is 0 Å². The van der Waals surface area contributed by atoms with Crippen molar-refractivity contribution in [3.05, 3.63) is 143 Å². The average molecular weight is 1100 g/mol. The summed E-state index contributed by atoms with van der Waals surface area (Å²) in [5.74, 6) is -3.33. The zero-order valence-electron chi connectivity index (χ0n) is 46.1. The van der Waals surface area contributed by atoms with Gasteiger partial charge in [-0.3, -0.25) is 9.59 Å². The van der Waals surface area contributed by atoms with Gasteiger partial charge in [-0.05, 0) is 108 Å². The van der Waals surface area contributed by atoms with Gasteiger partial charge in [-0.15, -0.1) is 0 Å². The summed E-state index contributed by atoms with van der Waals surface area (Å²) in [5.41, 5.74) is 5.70. The second-order valence-corrected chi connectivity index (χ2v) is 21.1. The number of carbonyl (C=O) groups is 2. The molecule has 4 aromatic carbocycles. The van der Waals surface area contributed by atoms with Gasteiger partial charge in [-0.1, -0.05) is 67.6 Å². The average Bonchev–Trinajstić information content (AvgIpc) is 4.34. The predicted octanol–water partition coefficient (Wildman–Crippen LogP) is 8.38. The largest absolute Gasteiger partial charge is 0.384 e. The molecule has 426 valence electrons. The summed E-state index contributed by atoms with van der Waals surface area (Å²) in [6.45, 7) is 12.5. The number of rotatable bonds is 22. The van der Waals surface area contributed by atoms with Gasteiger partial charge in [0.05, 0.1) is 35.4 Å². The van der Waals surface area contributed by atoms with Crippen LogP contribution in [0.2, 0.25) is 0 Å². The summed E-state index contributed by atoms with van der Waals surface area (Å²) in [7, 11) is 3.04. The Balaban J connectivity index is 0.000000229. The van der Waals surface area contributed by atoms with Gasteiger partial charge in [0, 0.05) is 59.0 Å². The molecule has 0 unspecified atom stereocenters. The van der Waals surface area contributed by atoms with Crippen molar-refractivity contribution < 1.29 is 50.9 Å². The highest BCUT2D eigenvalue weighted by molar-refractivity contribution is 5.82. The number of aliphatic hydroxyl groups excluding tert-OH is 1. The number of halogens is 5. The van der Waals surface area contributed by atoms with Crippen LogP contribution in [0.4, 0.5) is 22.0 Å². The first-order valence-electron chi connectivity index (χ1n) is 26.7. The SMILES string of the molecule is CC[C@@H](N)CCN(C(=O)[C@H](C)O)[C@@H](c1nc(-c2cc(F)ccc2F)nn1Cc1ccccc1)C(C)(C)OC.COC(C)(C)[C@H](c1nc(-c2cc(F)ccc2F)nn1Cc1ccccc1)N(C[C@@H]1CNC[C@@H]1F)C(=O)[C@@H]1CCCO1. The summed E-state index contributed by atoms with van der Waals surface area (Å²) < 4.78 is 93.6. The van der Waals surface area contributed by atoms with E-state index in [0.717, 1.165) is 53.9 Å². The molecule has 21 heteroatoms. The number of carbonyl (C=O) groups excluding carboxylic acids is 2. The van der Waals surface area contributed by atoms with Crippen LogP contribution >= 0.6 is 0 Å². The van der Waals surface area contributed by atoms with E-state index in [4.69, 9.17) is 24.9 Å². The molecule has 2 aromatic heterocycles.